The molecular weight excluding hydrogens is 236 g/mol. The Morgan fingerprint density at radius 1 is 1.31 bits per heavy atom. The van der Waals surface area contributed by atoms with Crippen LogP contribution in [-0.2, 0) is 0 Å². The first-order chi connectivity index (χ1) is 7.84. The van der Waals surface area contributed by atoms with Crippen molar-refractivity contribution in [2.24, 2.45) is 5.92 Å². The molecule has 1 aromatic heterocycles. The van der Waals surface area contributed by atoms with Crippen molar-refractivity contribution in [1.82, 2.24) is 0 Å². The fourth-order valence-corrected chi connectivity index (χ4v) is 4.35. The highest BCUT2D eigenvalue weighted by Gasteiger charge is 2.25. The smallest absolute Gasteiger partial charge is 0.176 e. The molecule has 0 spiro atoms. The molecule has 16 heavy (non-hydrogen) atoms. The van der Waals surface area contributed by atoms with Gasteiger partial charge in [-0.15, -0.1) is 11.3 Å². The minimum atomic E-state index is 0.262. The minimum Gasteiger partial charge on any atom is -0.293 e. The lowest BCUT2D eigenvalue weighted by Crippen LogP contribution is -2.12. The third-order valence-corrected chi connectivity index (χ3v) is 5.26. The number of Topliss-reactive ketones (excluding diaryl/α,β-unsaturated/α-hetero) is 1. The van der Waals surface area contributed by atoms with Crippen molar-refractivity contribution in [2.75, 3.05) is 11.5 Å². The van der Waals surface area contributed by atoms with Gasteiger partial charge in [-0.25, -0.2) is 0 Å². The monoisotopic (exact) mass is 248 g/mol. The lowest BCUT2D eigenvalue weighted by atomic mass is 10.0. The van der Waals surface area contributed by atoms with Gasteiger partial charge in [0.25, 0.3) is 0 Å². The van der Waals surface area contributed by atoms with E-state index < -0.39 is 0 Å². The Balaban J connectivity index is 1.96. The summed E-state index contributed by atoms with van der Waals surface area (Å²) in [6.07, 6.45) is 1.05. The van der Waals surface area contributed by atoms with Crippen molar-refractivity contribution >= 4 is 39.0 Å². The van der Waals surface area contributed by atoms with Crippen LogP contribution in [0, 0.1) is 5.92 Å². The Bertz CT molecular complexity index is 490. The average molecular weight is 248 g/mol. The molecule has 3 rings (SSSR count). The van der Waals surface area contributed by atoms with Crippen LogP contribution in [0.3, 0.4) is 0 Å². The number of carbonyl (C=O) groups excluding carboxylic acids is 1. The third kappa shape index (κ3) is 1.78. The molecule has 1 fully saturated rings. The lowest BCUT2D eigenvalue weighted by Gasteiger charge is -2.03. The summed E-state index contributed by atoms with van der Waals surface area (Å²) in [5.41, 5.74) is 0. The molecular formula is C13H12OS2. The maximum Gasteiger partial charge on any atom is 0.176 e. The van der Waals surface area contributed by atoms with Crippen LogP contribution in [0.5, 0.6) is 0 Å². The number of carbonyl (C=O) groups is 1. The van der Waals surface area contributed by atoms with E-state index in [2.05, 4.69) is 12.1 Å². The summed E-state index contributed by atoms with van der Waals surface area (Å²) in [6.45, 7) is 0. The van der Waals surface area contributed by atoms with Crippen molar-refractivity contribution in [1.29, 1.82) is 0 Å². The van der Waals surface area contributed by atoms with Crippen LogP contribution in [0.2, 0.25) is 0 Å². The molecule has 3 heteroatoms. The van der Waals surface area contributed by atoms with Crippen molar-refractivity contribution in [3.8, 4) is 0 Å². The fourth-order valence-electron chi connectivity index (χ4n) is 2.05. The number of hydrogen-bond acceptors (Lipinski definition) is 3. The van der Waals surface area contributed by atoms with Gasteiger partial charge in [0.1, 0.15) is 0 Å². The second-order valence-electron chi connectivity index (χ2n) is 4.07. The second kappa shape index (κ2) is 4.22. The van der Waals surface area contributed by atoms with Crippen LogP contribution in [0.25, 0.3) is 10.1 Å². The number of thiophene rings is 1. The molecule has 1 aromatic carbocycles. The van der Waals surface area contributed by atoms with E-state index in [4.69, 9.17) is 0 Å². The molecule has 1 atom stereocenters. The maximum absolute atomic E-state index is 12.2. The Hall–Kier alpha value is -0.800. The highest BCUT2D eigenvalue weighted by Crippen LogP contribution is 2.31. The second-order valence-corrected chi connectivity index (χ2v) is 6.31. The summed E-state index contributed by atoms with van der Waals surface area (Å²) in [5, 5.41) is 1.20. The van der Waals surface area contributed by atoms with Gasteiger partial charge >= 0.3 is 0 Å². The van der Waals surface area contributed by atoms with E-state index in [1.807, 2.05) is 30.0 Å². The number of ketones is 1. The van der Waals surface area contributed by atoms with Gasteiger partial charge in [0.2, 0.25) is 0 Å². The topological polar surface area (TPSA) is 17.1 Å². The summed E-state index contributed by atoms with van der Waals surface area (Å²) in [7, 11) is 0. The van der Waals surface area contributed by atoms with E-state index in [-0.39, 0.29) is 5.92 Å². The van der Waals surface area contributed by atoms with Crippen LogP contribution < -0.4 is 0 Å². The van der Waals surface area contributed by atoms with Gasteiger partial charge in [-0.05, 0) is 29.7 Å². The molecule has 0 bridgehead atoms. The van der Waals surface area contributed by atoms with Crippen molar-refractivity contribution in [2.45, 2.75) is 6.42 Å². The highest BCUT2D eigenvalue weighted by molar-refractivity contribution is 7.99. The molecule has 0 aliphatic carbocycles. The van der Waals surface area contributed by atoms with Gasteiger partial charge in [0.15, 0.2) is 5.78 Å². The van der Waals surface area contributed by atoms with E-state index >= 15 is 0 Å². The number of rotatable bonds is 2. The van der Waals surface area contributed by atoms with Crippen LogP contribution in [0.4, 0.5) is 0 Å². The molecule has 1 saturated heterocycles. The zero-order valence-electron chi connectivity index (χ0n) is 8.81. The van der Waals surface area contributed by atoms with Crippen LogP contribution >= 0.6 is 23.1 Å². The Morgan fingerprint density at radius 3 is 2.94 bits per heavy atom. The maximum atomic E-state index is 12.2. The normalized spacial score (nSPS) is 20.4. The first kappa shape index (κ1) is 10.4. The SMILES string of the molecule is O=C(c1cc2ccccc2s1)C1CCSC1. The number of thioether (sulfide) groups is 1. The standard InChI is InChI=1S/C13H12OS2/c14-13(10-5-6-15-8-10)12-7-9-3-1-2-4-11(9)16-12/h1-4,7,10H,5-6,8H2. The number of benzene rings is 1. The summed E-state index contributed by atoms with van der Waals surface area (Å²) < 4.78 is 1.22. The lowest BCUT2D eigenvalue weighted by molar-refractivity contribution is 0.0938. The Morgan fingerprint density at radius 2 is 2.19 bits per heavy atom. The van der Waals surface area contributed by atoms with Gasteiger partial charge < -0.3 is 0 Å². The quantitative estimate of drug-likeness (QED) is 0.751. The minimum absolute atomic E-state index is 0.262. The summed E-state index contributed by atoms with van der Waals surface area (Å²) >= 11 is 3.53. The molecule has 0 radical (unpaired) electrons. The number of hydrogen-bond donors (Lipinski definition) is 0. The molecule has 82 valence electrons. The van der Waals surface area contributed by atoms with Crippen molar-refractivity contribution in [3.63, 3.8) is 0 Å². The van der Waals surface area contributed by atoms with Crippen molar-refractivity contribution < 1.29 is 4.79 Å². The van der Waals surface area contributed by atoms with E-state index in [0.29, 0.717) is 5.78 Å². The van der Waals surface area contributed by atoms with Crippen LogP contribution in [-0.4, -0.2) is 17.3 Å². The van der Waals surface area contributed by atoms with Crippen LogP contribution in [0.15, 0.2) is 30.3 Å². The third-order valence-electron chi connectivity index (χ3n) is 2.97. The predicted molar refractivity (Wildman–Crippen MR) is 71.6 cm³/mol. The molecule has 1 unspecified atom stereocenters. The fraction of sp³-hybridized carbons (Fsp3) is 0.308. The van der Waals surface area contributed by atoms with Gasteiger partial charge in [0, 0.05) is 16.4 Å². The summed E-state index contributed by atoms with van der Waals surface area (Å²) in [5.74, 6) is 2.76. The molecule has 2 aromatic rings. The van der Waals surface area contributed by atoms with Crippen molar-refractivity contribution in [3.05, 3.63) is 35.2 Å². The average Bonchev–Trinajstić information content (AvgIpc) is 2.97. The van der Waals surface area contributed by atoms with E-state index in [1.54, 1.807) is 11.3 Å². The Labute approximate surface area is 103 Å². The first-order valence-electron chi connectivity index (χ1n) is 5.45. The summed E-state index contributed by atoms with van der Waals surface area (Å²) in [6, 6.07) is 10.3. The molecule has 1 nitrogen and oxygen atoms in total. The van der Waals surface area contributed by atoms with Gasteiger partial charge in [0.05, 0.1) is 4.88 Å². The first-order valence-corrected chi connectivity index (χ1v) is 7.42. The molecule has 1 aliphatic heterocycles. The molecule has 0 amide bonds. The molecule has 1 aliphatic rings. The zero-order valence-corrected chi connectivity index (χ0v) is 10.4. The Kier molecular flexibility index (Phi) is 2.74. The van der Waals surface area contributed by atoms with Crippen LogP contribution in [0.1, 0.15) is 16.1 Å². The molecule has 0 saturated carbocycles. The summed E-state index contributed by atoms with van der Waals surface area (Å²) in [4.78, 5) is 13.2. The van der Waals surface area contributed by atoms with E-state index in [1.165, 1.54) is 10.1 Å². The van der Waals surface area contributed by atoms with Gasteiger partial charge in [-0.2, -0.15) is 11.8 Å². The van der Waals surface area contributed by atoms with Gasteiger partial charge in [-0.1, -0.05) is 18.2 Å². The highest BCUT2D eigenvalue weighted by atomic mass is 32.2. The van der Waals surface area contributed by atoms with E-state index in [9.17, 15) is 4.79 Å². The molecule has 0 N–H and O–H groups in total. The predicted octanol–water partition coefficient (Wildman–Crippen LogP) is 3.84. The zero-order chi connectivity index (χ0) is 11.0. The molecule has 2 heterocycles. The number of fused-ring (bicyclic) bond motifs is 1. The largest absolute Gasteiger partial charge is 0.293 e. The van der Waals surface area contributed by atoms with Gasteiger partial charge in [-0.3, -0.25) is 4.79 Å². The van der Waals surface area contributed by atoms with E-state index in [0.717, 1.165) is 22.8 Å².